The molecular formula is C42H50N12O12. The van der Waals surface area contributed by atoms with E-state index in [1.807, 2.05) is 0 Å². The van der Waals surface area contributed by atoms with E-state index in [-0.39, 0.29) is 80.6 Å². The number of rotatable bonds is 25. The predicted molar refractivity (Wildman–Crippen MR) is 233 cm³/mol. The number of benzene rings is 2. The number of piperidine rings is 1. The molecule has 4 aromatic rings. The first-order valence-corrected chi connectivity index (χ1v) is 20.8. The Morgan fingerprint density at radius 3 is 2.17 bits per heavy atom. The van der Waals surface area contributed by atoms with E-state index < -0.39 is 47.4 Å². The lowest BCUT2D eigenvalue weighted by molar-refractivity contribution is -0.136. The van der Waals surface area contributed by atoms with E-state index in [4.69, 9.17) is 23.7 Å². The number of ether oxygens (including phenoxy) is 5. The quantitative estimate of drug-likeness (QED) is 0.0388. The molecule has 6 N–H and O–H groups in total. The van der Waals surface area contributed by atoms with Crippen LogP contribution in [0.4, 0.5) is 22.9 Å². The highest BCUT2D eigenvalue weighted by Gasteiger charge is 2.45. The minimum atomic E-state index is -1.04. The van der Waals surface area contributed by atoms with Gasteiger partial charge in [0.15, 0.2) is 23.1 Å². The van der Waals surface area contributed by atoms with Gasteiger partial charge in [-0.25, -0.2) is 4.98 Å². The summed E-state index contributed by atoms with van der Waals surface area (Å²) in [5.41, 5.74) is 2.04. The van der Waals surface area contributed by atoms with Crippen molar-refractivity contribution in [3.05, 3.63) is 65.6 Å². The highest BCUT2D eigenvalue weighted by Crippen LogP contribution is 2.37. The van der Waals surface area contributed by atoms with Gasteiger partial charge in [0.05, 0.1) is 94.6 Å². The summed E-state index contributed by atoms with van der Waals surface area (Å²) in [6.07, 6.45) is 1.68. The molecule has 0 bridgehead atoms. The Hall–Kier alpha value is -7.41. The Morgan fingerprint density at radius 2 is 1.50 bits per heavy atom. The molecular weight excluding hydrogens is 865 g/mol. The monoisotopic (exact) mass is 914 g/mol. The minimum absolute atomic E-state index is 0.00401. The first kappa shape index (κ1) is 48.1. The maximum atomic E-state index is 13.2. The number of anilines is 4. The fourth-order valence-electron chi connectivity index (χ4n) is 6.77. The van der Waals surface area contributed by atoms with Gasteiger partial charge in [0.2, 0.25) is 23.6 Å². The summed E-state index contributed by atoms with van der Waals surface area (Å²) in [6, 6.07) is 10.5. The summed E-state index contributed by atoms with van der Waals surface area (Å²) in [6.45, 7) is 2.12. The van der Waals surface area contributed by atoms with Gasteiger partial charge in [-0.3, -0.25) is 48.5 Å². The zero-order valence-electron chi connectivity index (χ0n) is 36.5. The molecule has 350 valence electrons. The van der Waals surface area contributed by atoms with Gasteiger partial charge in [-0.15, -0.1) is 10.2 Å². The van der Waals surface area contributed by atoms with Gasteiger partial charge in [-0.2, -0.15) is 5.10 Å². The predicted octanol–water partition coefficient (Wildman–Crippen LogP) is 0.408. The van der Waals surface area contributed by atoms with Gasteiger partial charge in [0, 0.05) is 45.2 Å². The number of nitrogens with zero attached hydrogens (tertiary/aromatic N) is 6. The second-order valence-electron chi connectivity index (χ2n) is 14.5. The van der Waals surface area contributed by atoms with E-state index in [0.717, 1.165) is 4.90 Å². The number of carbonyl (C=O) groups excluding carboxylic acids is 7. The number of aromatic nitrogens is 5. The molecule has 24 heteroatoms. The number of para-hydroxylation sites is 1. The molecule has 66 heavy (non-hydrogen) atoms. The normalized spacial score (nSPS) is 14.4. The third-order valence-electron chi connectivity index (χ3n) is 9.90. The molecule has 0 radical (unpaired) electrons. The van der Waals surface area contributed by atoms with Crippen LogP contribution in [0.5, 0.6) is 5.75 Å². The Balaban J connectivity index is 0.800. The number of imide groups is 2. The Kier molecular flexibility index (Phi) is 17.1. The maximum absolute atomic E-state index is 13.2. The van der Waals surface area contributed by atoms with Crippen molar-refractivity contribution in [2.75, 3.05) is 96.1 Å². The van der Waals surface area contributed by atoms with Crippen molar-refractivity contribution in [2.24, 2.45) is 7.05 Å². The van der Waals surface area contributed by atoms with Crippen molar-refractivity contribution in [3.63, 3.8) is 0 Å². The lowest BCUT2D eigenvalue weighted by Crippen LogP contribution is -2.54. The molecule has 2 aliphatic heterocycles. The molecule has 7 amide bonds. The van der Waals surface area contributed by atoms with E-state index in [2.05, 4.69) is 52.2 Å². The zero-order valence-corrected chi connectivity index (χ0v) is 36.5. The lowest BCUT2D eigenvalue weighted by atomic mass is 10.0. The number of amides is 7. The molecule has 0 saturated carbocycles. The summed E-state index contributed by atoms with van der Waals surface area (Å²) < 4.78 is 29.3. The Bertz CT molecular complexity index is 2430. The molecule has 2 aliphatic rings. The topological polar surface area (TPSA) is 298 Å². The van der Waals surface area contributed by atoms with Crippen molar-refractivity contribution < 1.29 is 57.2 Å². The molecule has 24 nitrogen and oxygen atoms in total. The van der Waals surface area contributed by atoms with Crippen LogP contribution in [-0.4, -0.2) is 157 Å². The highest BCUT2D eigenvalue weighted by molar-refractivity contribution is 6.25. The number of nitrogens with one attached hydrogen (secondary N) is 6. The average Bonchev–Trinajstić information content (AvgIpc) is 3.85. The molecule has 0 aliphatic carbocycles. The van der Waals surface area contributed by atoms with Gasteiger partial charge in [0.1, 0.15) is 12.4 Å². The summed E-state index contributed by atoms with van der Waals surface area (Å²) in [4.78, 5) is 93.0. The molecule has 1 atom stereocenters. The first-order chi connectivity index (χ1) is 32.0. The summed E-state index contributed by atoms with van der Waals surface area (Å²) in [7, 11) is 4.68. The maximum Gasteiger partial charge on any atom is 0.273 e. The SMILES string of the molecule is CNC(=O)c1nnc(NC(=O)CNC(=O)CCOCCOCCOCCOCCNc2cccc3c2C(=O)N(C2CCC(=O)NC2=O)C3=O)cc1Nc1cccc(-c2ncn(C)n2)c1OC. The van der Waals surface area contributed by atoms with Crippen LogP contribution in [0, 0.1) is 0 Å². The van der Waals surface area contributed by atoms with Crippen LogP contribution in [0.2, 0.25) is 0 Å². The summed E-state index contributed by atoms with van der Waals surface area (Å²) >= 11 is 0. The molecule has 1 saturated heterocycles. The van der Waals surface area contributed by atoms with Crippen LogP contribution in [0.1, 0.15) is 50.5 Å². The van der Waals surface area contributed by atoms with Crippen LogP contribution in [-0.2, 0) is 45.2 Å². The van der Waals surface area contributed by atoms with Crippen molar-refractivity contribution in [1.82, 2.24) is 45.8 Å². The number of methoxy groups -OCH3 is 1. The van der Waals surface area contributed by atoms with Crippen LogP contribution in [0.3, 0.4) is 0 Å². The number of fused-ring (bicyclic) bond motifs is 1. The average molecular weight is 915 g/mol. The number of aryl methyl sites for hydroxylation is 1. The van der Waals surface area contributed by atoms with E-state index in [1.54, 1.807) is 48.4 Å². The van der Waals surface area contributed by atoms with Crippen LogP contribution in [0.25, 0.3) is 11.4 Å². The fraction of sp³-hybridized carbons (Fsp3) is 0.405. The van der Waals surface area contributed by atoms with Crippen LogP contribution < -0.4 is 36.6 Å². The van der Waals surface area contributed by atoms with E-state index in [0.29, 0.717) is 61.5 Å². The molecule has 6 rings (SSSR count). The van der Waals surface area contributed by atoms with Crippen LogP contribution in [0.15, 0.2) is 48.8 Å². The van der Waals surface area contributed by atoms with Crippen molar-refractivity contribution in [1.29, 1.82) is 0 Å². The standard InChI is InChI=1S/C42H50N12O12/c1-43-40(59)36-29(47-28-9-5-7-26(37(28)62-3)38-46-24-53(2)52-38)22-31(50-51-36)48-34(57)23-45-32(55)12-14-63-16-18-65-20-21-66-19-17-64-15-13-44-27-8-4-6-25-35(27)42(61)54(41(25)60)30-10-11-33(56)49-39(30)58/h4-9,22,24,30,44H,10-21,23H2,1-3H3,(H,43,59)(H,45,55)(H,49,56,58)(H2,47,48,50,57). The van der Waals surface area contributed by atoms with Crippen molar-refractivity contribution >= 4 is 64.2 Å². The largest absolute Gasteiger partial charge is 0.494 e. The molecule has 2 aromatic heterocycles. The van der Waals surface area contributed by atoms with E-state index in [9.17, 15) is 33.6 Å². The molecule has 1 unspecified atom stereocenters. The van der Waals surface area contributed by atoms with Crippen molar-refractivity contribution in [2.45, 2.75) is 25.3 Å². The number of hydrogen-bond donors (Lipinski definition) is 6. The van der Waals surface area contributed by atoms with E-state index >= 15 is 0 Å². The Labute approximate surface area is 377 Å². The van der Waals surface area contributed by atoms with Crippen molar-refractivity contribution in [3.8, 4) is 17.1 Å². The van der Waals surface area contributed by atoms with Gasteiger partial charge in [-0.1, -0.05) is 12.1 Å². The first-order valence-electron chi connectivity index (χ1n) is 20.8. The van der Waals surface area contributed by atoms with Gasteiger partial charge in [0.25, 0.3) is 17.7 Å². The lowest BCUT2D eigenvalue weighted by Gasteiger charge is -2.27. The minimum Gasteiger partial charge on any atom is -0.494 e. The molecule has 4 heterocycles. The van der Waals surface area contributed by atoms with Gasteiger partial charge >= 0.3 is 0 Å². The fourth-order valence-corrected chi connectivity index (χ4v) is 6.77. The summed E-state index contributed by atoms with van der Waals surface area (Å²) in [5, 5.41) is 28.3. The third-order valence-corrected chi connectivity index (χ3v) is 9.90. The third kappa shape index (κ3) is 12.4. The second-order valence-corrected chi connectivity index (χ2v) is 14.5. The van der Waals surface area contributed by atoms with Gasteiger partial charge in [-0.05, 0) is 30.7 Å². The van der Waals surface area contributed by atoms with Gasteiger partial charge < -0.3 is 50.3 Å². The molecule has 1 fully saturated rings. The molecule has 2 aromatic carbocycles. The number of hydrogen-bond acceptors (Lipinski definition) is 18. The highest BCUT2D eigenvalue weighted by atomic mass is 16.6. The smallest absolute Gasteiger partial charge is 0.273 e. The zero-order chi connectivity index (χ0) is 47.0. The second kappa shape index (κ2) is 23.5. The number of carbonyl (C=O) groups is 7. The van der Waals surface area contributed by atoms with Crippen LogP contribution >= 0.6 is 0 Å². The Morgan fingerprint density at radius 1 is 0.818 bits per heavy atom. The molecule has 0 spiro atoms. The summed E-state index contributed by atoms with van der Waals surface area (Å²) in [5.74, 6) is -2.94. The van der Waals surface area contributed by atoms with E-state index in [1.165, 1.54) is 26.3 Å².